The number of hydrogen-bond acceptors (Lipinski definition) is 3. The van der Waals surface area contributed by atoms with Crippen molar-refractivity contribution in [3.8, 4) is 5.88 Å². The molecule has 1 fully saturated rings. The third-order valence-corrected chi connectivity index (χ3v) is 3.76. The molecule has 1 saturated carbocycles. The van der Waals surface area contributed by atoms with E-state index in [1.807, 2.05) is 13.0 Å². The number of ether oxygens (including phenoxy) is 1. The molecule has 2 unspecified atom stereocenters. The van der Waals surface area contributed by atoms with E-state index in [2.05, 4.69) is 11.9 Å². The van der Waals surface area contributed by atoms with Crippen LogP contribution in [0.4, 0.5) is 5.69 Å². The van der Waals surface area contributed by atoms with Crippen molar-refractivity contribution in [2.75, 3.05) is 5.73 Å². The van der Waals surface area contributed by atoms with Crippen LogP contribution in [0.25, 0.3) is 0 Å². The molecule has 2 atom stereocenters. The van der Waals surface area contributed by atoms with Crippen molar-refractivity contribution in [3.63, 3.8) is 0 Å². The minimum atomic E-state index is 0.297. The van der Waals surface area contributed by atoms with Crippen LogP contribution >= 0.6 is 0 Å². The van der Waals surface area contributed by atoms with Gasteiger partial charge in [0.1, 0.15) is 6.10 Å². The summed E-state index contributed by atoms with van der Waals surface area (Å²) in [4.78, 5) is 4.24. The monoisotopic (exact) mass is 234 g/mol. The van der Waals surface area contributed by atoms with E-state index in [-0.39, 0.29) is 0 Å². The molecule has 0 amide bonds. The molecule has 0 aromatic carbocycles. The molecule has 1 aliphatic carbocycles. The number of hydrogen-bond donors (Lipinski definition) is 1. The fourth-order valence-corrected chi connectivity index (χ4v) is 2.52. The molecule has 3 nitrogen and oxygen atoms in total. The van der Waals surface area contributed by atoms with Crippen LogP contribution in [0, 0.1) is 12.8 Å². The Hall–Kier alpha value is -1.25. The van der Waals surface area contributed by atoms with Gasteiger partial charge in [0.25, 0.3) is 0 Å². The van der Waals surface area contributed by atoms with Gasteiger partial charge in [0.15, 0.2) is 0 Å². The molecule has 17 heavy (non-hydrogen) atoms. The van der Waals surface area contributed by atoms with Gasteiger partial charge >= 0.3 is 0 Å². The number of nitrogens with two attached hydrogens (primary N) is 1. The van der Waals surface area contributed by atoms with E-state index >= 15 is 0 Å². The van der Waals surface area contributed by atoms with Crippen LogP contribution in [0.1, 0.15) is 44.6 Å². The Balaban J connectivity index is 2.02. The summed E-state index contributed by atoms with van der Waals surface area (Å²) in [7, 11) is 0. The number of nitrogens with zero attached hydrogens (tertiary/aromatic N) is 1. The third kappa shape index (κ3) is 2.90. The lowest BCUT2D eigenvalue weighted by atomic mass is 9.85. The Morgan fingerprint density at radius 3 is 3.06 bits per heavy atom. The van der Waals surface area contributed by atoms with Gasteiger partial charge in [-0.25, -0.2) is 4.98 Å². The van der Waals surface area contributed by atoms with Crippen molar-refractivity contribution in [2.24, 2.45) is 5.92 Å². The molecule has 0 radical (unpaired) electrons. The Morgan fingerprint density at radius 1 is 1.47 bits per heavy atom. The number of aryl methyl sites for hydroxylation is 1. The van der Waals surface area contributed by atoms with E-state index in [0.29, 0.717) is 17.7 Å². The lowest BCUT2D eigenvalue weighted by molar-refractivity contribution is 0.118. The molecule has 3 heteroatoms. The van der Waals surface area contributed by atoms with Crippen LogP contribution in [0.15, 0.2) is 12.3 Å². The summed E-state index contributed by atoms with van der Waals surface area (Å²) in [5.74, 6) is 1.42. The predicted molar refractivity (Wildman–Crippen MR) is 70.1 cm³/mol. The highest BCUT2D eigenvalue weighted by atomic mass is 16.5. The van der Waals surface area contributed by atoms with Crippen molar-refractivity contribution < 1.29 is 4.74 Å². The Morgan fingerprint density at radius 2 is 2.29 bits per heavy atom. The second kappa shape index (κ2) is 5.39. The first-order valence-electron chi connectivity index (χ1n) is 6.58. The highest BCUT2D eigenvalue weighted by Crippen LogP contribution is 2.31. The fourth-order valence-electron chi connectivity index (χ4n) is 2.52. The topological polar surface area (TPSA) is 48.1 Å². The molecule has 0 spiro atoms. The van der Waals surface area contributed by atoms with Crippen LogP contribution in [0.2, 0.25) is 0 Å². The Labute approximate surface area is 103 Å². The normalized spacial score (nSPS) is 24.6. The van der Waals surface area contributed by atoms with Gasteiger partial charge in [-0.15, -0.1) is 0 Å². The number of anilines is 1. The molecular weight excluding hydrogens is 212 g/mol. The predicted octanol–water partition coefficient (Wildman–Crippen LogP) is 3.32. The molecule has 1 heterocycles. The molecule has 0 saturated heterocycles. The molecule has 1 aromatic rings. The number of pyridine rings is 1. The van der Waals surface area contributed by atoms with Crippen LogP contribution in [-0.2, 0) is 0 Å². The second-order valence-electron chi connectivity index (χ2n) is 5.03. The summed E-state index contributed by atoms with van der Waals surface area (Å²) in [6, 6.07) is 1.91. The zero-order valence-corrected chi connectivity index (χ0v) is 10.8. The van der Waals surface area contributed by atoms with Gasteiger partial charge in [0, 0.05) is 6.20 Å². The van der Waals surface area contributed by atoms with E-state index in [1.165, 1.54) is 19.3 Å². The van der Waals surface area contributed by atoms with Crippen LogP contribution in [-0.4, -0.2) is 11.1 Å². The Kier molecular flexibility index (Phi) is 3.87. The SMILES string of the molecule is CCC1CCCC(Oc2nccc(C)c2N)C1. The van der Waals surface area contributed by atoms with Crippen molar-refractivity contribution in [2.45, 2.75) is 52.1 Å². The highest BCUT2D eigenvalue weighted by Gasteiger charge is 2.23. The largest absolute Gasteiger partial charge is 0.473 e. The fraction of sp³-hybridized carbons (Fsp3) is 0.643. The molecule has 94 valence electrons. The summed E-state index contributed by atoms with van der Waals surface area (Å²) in [5.41, 5.74) is 7.71. The van der Waals surface area contributed by atoms with Gasteiger partial charge < -0.3 is 10.5 Å². The lowest BCUT2D eigenvalue weighted by Crippen LogP contribution is -2.25. The van der Waals surface area contributed by atoms with Crippen LogP contribution < -0.4 is 10.5 Å². The van der Waals surface area contributed by atoms with Crippen LogP contribution in [0.3, 0.4) is 0 Å². The third-order valence-electron chi connectivity index (χ3n) is 3.76. The second-order valence-corrected chi connectivity index (χ2v) is 5.03. The van der Waals surface area contributed by atoms with E-state index in [1.54, 1.807) is 6.20 Å². The molecular formula is C14H22N2O. The first-order valence-corrected chi connectivity index (χ1v) is 6.58. The lowest BCUT2D eigenvalue weighted by Gasteiger charge is -2.28. The molecule has 0 aliphatic heterocycles. The molecule has 2 rings (SSSR count). The maximum absolute atomic E-state index is 5.98. The summed E-state index contributed by atoms with van der Waals surface area (Å²) >= 11 is 0. The zero-order chi connectivity index (χ0) is 12.3. The summed E-state index contributed by atoms with van der Waals surface area (Å²) in [6.45, 7) is 4.24. The van der Waals surface area contributed by atoms with E-state index in [4.69, 9.17) is 10.5 Å². The maximum Gasteiger partial charge on any atom is 0.237 e. The van der Waals surface area contributed by atoms with Crippen LogP contribution in [0.5, 0.6) is 5.88 Å². The first-order chi connectivity index (χ1) is 8.20. The van der Waals surface area contributed by atoms with Crippen molar-refractivity contribution >= 4 is 5.69 Å². The smallest absolute Gasteiger partial charge is 0.237 e. The summed E-state index contributed by atoms with van der Waals surface area (Å²) in [6.07, 6.45) is 8.18. The maximum atomic E-state index is 5.98. The minimum absolute atomic E-state index is 0.297. The number of nitrogen functional groups attached to an aromatic ring is 1. The average molecular weight is 234 g/mol. The van der Waals surface area contributed by atoms with Gasteiger partial charge in [-0.05, 0) is 43.7 Å². The van der Waals surface area contributed by atoms with Gasteiger partial charge in [0.2, 0.25) is 5.88 Å². The number of aromatic nitrogens is 1. The van der Waals surface area contributed by atoms with E-state index in [9.17, 15) is 0 Å². The minimum Gasteiger partial charge on any atom is -0.473 e. The van der Waals surface area contributed by atoms with Gasteiger partial charge in [-0.1, -0.05) is 19.8 Å². The molecule has 1 aliphatic rings. The van der Waals surface area contributed by atoms with Crippen molar-refractivity contribution in [1.82, 2.24) is 4.98 Å². The van der Waals surface area contributed by atoms with Gasteiger partial charge in [0.05, 0.1) is 5.69 Å². The standard InChI is InChI=1S/C14H22N2O/c1-3-11-5-4-6-12(9-11)17-14-13(15)10(2)7-8-16-14/h7-8,11-12H,3-6,9,15H2,1-2H3. The number of rotatable bonds is 3. The average Bonchev–Trinajstić information content (AvgIpc) is 2.35. The summed E-state index contributed by atoms with van der Waals surface area (Å²) in [5, 5.41) is 0. The van der Waals surface area contributed by atoms with Gasteiger partial charge in [-0.3, -0.25) is 0 Å². The molecule has 1 aromatic heterocycles. The zero-order valence-electron chi connectivity index (χ0n) is 10.8. The quantitative estimate of drug-likeness (QED) is 0.872. The van der Waals surface area contributed by atoms with E-state index in [0.717, 1.165) is 24.3 Å². The molecule has 2 N–H and O–H groups in total. The van der Waals surface area contributed by atoms with Crippen molar-refractivity contribution in [1.29, 1.82) is 0 Å². The molecule has 0 bridgehead atoms. The van der Waals surface area contributed by atoms with Gasteiger partial charge in [-0.2, -0.15) is 0 Å². The van der Waals surface area contributed by atoms with E-state index < -0.39 is 0 Å². The van der Waals surface area contributed by atoms with Crippen molar-refractivity contribution in [3.05, 3.63) is 17.8 Å². The summed E-state index contributed by atoms with van der Waals surface area (Å²) < 4.78 is 5.96. The highest BCUT2D eigenvalue weighted by molar-refractivity contribution is 5.53. The first kappa shape index (κ1) is 12.2. The Bertz CT molecular complexity index is 378.